The Bertz CT molecular complexity index is 819. The molecule has 0 saturated heterocycles. The molecule has 132 valence electrons. The number of benzene rings is 2. The monoisotopic (exact) mass is 344 g/mol. The zero-order chi connectivity index (χ0) is 18.0. The third-order valence-electron chi connectivity index (χ3n) is 5.02. The van der Waals surface area contributed by atoms with Crippen LogP contribution in [-0.2, 0) is 12.8 Å². The SMILES string of the molecule is CCCCC1=Cc2ccc(-c3ccc(CC)c(F)c3F)c(F)c2CC1. The zero-order valence-electron chi connectivity index (χ0n) is 14.8. The van der Waals surface area contributed by atoms with E-state index in [1.807, 2.05) is 6.07 Å². The smallest absolute Gasteiger partial charge is 0.167 e. The Balaban J connectivity index is 2.02. The summed E-state index contributed by atoms with van der Waals surface area (Å²) < 4.78 is 43.5. The number of rotatable bonds is 5. The van der Waals surface area contributed by atoms with Crippen LogP contribution in [-0.4, -0.2) is 0 Å². The lowest BCUT2D eigenvalue weighted by molar-refractivity contribution is 0.501. The molecule has 0 bridgehead atoms. The molecule has 0 unspecified atom stereocenters. The van der Waals surface area contributed by atoms with Gasteiger partial charge in [0.1, 0.15) is 5.82 Å². The second-order valence-corrected chi connectivity index (χ2v) is 6.65. The first-order valence-corrected chi connectivity index (χ1v) is 9.04. The number of fused-ring (bicyclic) bond motifs is 1. The van der Waals surface area contributed by atoms with Gasteiger partial charge < -0.3 is 0 Å². The molecule has 3 heteroatoms. The molecule has 1 aliphatic carbocycles. The summed E-state index contributed by atoms with van der Waals surface area (Å²) in [6.45, 7) is 3.92. The van der Waals surface area contributed by atoms with Crippen molar-refractivity contribution in [2.24, 2.45) is 0 Å². The maximum Gasteiger partial charge on any atom is 0.167 e. The Hall–Kier alpha value is -2.03. The summed E-state index contributed by atoms with van der Waals surface area (Å²) in [7, 11) is 0. The minimum absolute atomic E-state index is 0.00393. The van der Waals surface area contributed by atoms with Gasteiger partial charge in [0, 0.05) is 11.1 Å². The van der Waals surface area contributed by atoms with Crippen LogP contribution in [0.4, 0.5) is 13.2 Å². The topological polar surface area (TPSA) is 0 Å². The average Bonchev–Trinajstić information content (AvgIpc) is 2.63. The lowest BCUT2D eigenvalue weighted by atomic mass is 9.87. The fraction of sp³-hybridized carbons (Fsp3) is 0.364. The van der Waals surface area contributed by atoms with Crippen molar-refractivity contribution in [3.63, 3.8) is 0 Å². The van der Waals surface area contributed by atoms with Crippen LogP contribution < -0.4 is 0 Å². The van der Waals surface area contributed by atoms with Gasteiger partial charge in [0.05, 0.1) is 0 Å². The second kappa shape index (κ2) is 7.47. The van der Waals surface area contributed by atoms with Gasteiger partial charge >= 0.3 is 0 Å². The molecule has 0 fully saturated rings. The molecular formula is C22H23F3. The highest BCUT2D eigenvalue weighted by molar-refractivity contribution is 5.71. The van der Waals surface area contributed by atoms with Crippen LogP contribution in [0.1, 0.15) is 56.2 Å². The van der Waals surface area contributed by atoms with Gasteiger partial charge in [-0.3, -0.25) is 0 Å². The molecule has 0 radical (unpaired) electrons. The molecule has 25 heavy (non-hydrogen) atoms. The fourth-order valence-electron chi connectivity index (χ4n) is 3.48. The molecule has 1 aliphatic rings. The summed E-state index contributed by atoms with van der Waals surface area (Å²) >= 11 is 0. The van der Waals surface area contributed by atoms with Crippen molar-refractivity contribution in [1.29, 1.82) is 0 Å². The number of allylic oxidation sites excluding steroid dienone is 1. The van der Waals surface area contributed by atoms with Gasteiger partial charge in [-0.2, -0.15) is 0 Å². The molecule has 0 aromatic heterocycles. The van der Waals surface area contributed by atoms with Crippen LogP contribution in [0.3, 0.4) is 0 Å². The Kier molecular flexibility index (Phi) is 5.31. The number of aryl methyl sites for hydroxylation is 1. The van der Waals surface area contributed by atoms with E-state index >= 15 is 0 Å². The van der Waals surface area contributed by atoms with Crippen molar-refractivity contribution in [3.05, 3.63) is 64.0 Å². The van der Waals surface area contributed by atoms with Crippen molar-refractivity contribution in [1.82, 2.24) is 0 Å². The second-order valence-electron chi connectivity index (χ2n) is 6.65. The highest BCUT2D eigenvalue weighted by atomic mass is 19.2. The Morgan fingerprint density at radius 1 is 0.840 bits per heavy atom. The average molecular weight is 344 g/mol. The first-order chi connectivity index (χ1) is 12.1. The molecule has 0 atom stereocenters. The zero-order valence-corrected chi connectivity index (χ0v) is 14.8. The molecular weight excluding hydrogens is 321 g/mol. The molecule has 0 aliphatic heterocycles. The van der Waals surface area contributed by atoms with E-state index < -0.39 is 17.5 Å². The third kappa shape index (κ3) is 3.37. The van der Waals surface area contributed by atoms with Gasteiger partial charge in [-0.15, -0.1) is 0 Å². The van der Waals surface area contributed by atoms with E-state index in [0.717, 1.165) is 31.2 Å². The predicted molar refractivity (Wildman–Crippen MR) is 97.0 cm³/mol. The molecule has 0 nitrogen and oxygen atoms in total. The van der Waals surface area contributed by atoms with E-state index in [-0.39, 0.29) is 11.1 Å². The highest BCUT2D eigenvalue weighted by Crippen LogP contribution is 2.35. The summed E-state index contributed by atoms with van der Waals surface area (Å²) in [5.41, 5.74) is 3.26. The minimum Gasteiger partial charge on any atom is -0.206 e. The van der Waals surface area contributed by atoms with Gasteiger partial charge in [0.15, 0.2) is 11.6 Å². The van der Waals surface area contributed by atoms with Gasteiger partial charge in [0.2, 0.25) is 0 Å². The van der Waals surface area contributed by atoms with Gasteiger partial charge in [-0.05, 0) is 48.8 Å². The molecule has 0 saturated carbocycles. The fourth-order valence-corrected chi connectivity index (χ4v) is 3.48. The van der Waals surface area contributed by atoms with E-state index in [1.165, 1.54) is 17.7 Å². The molecule has 0 N–H and O–H groups in total. The standard InChI is InChI=1S/C22H23F3/c1-3-5-6-14-7-10-17-16(13-14)9-12-18(21(17)24)19-11-8-15(4-2)20(23)22(19)25/h8-9,11-13H,3-7,10H2,1-2H3. The number of halogens is 3. The normalized spacial score (nSPS) is 13.6. The van der Waals surface area contributed by atoms with E-state index in [1.54, 1.807) is 13.0 Å². The van der Waals surface area contributed by atoms with Gasteiger partial charge in [-0.25, -0.2) is 13.2 Å². The summed E-state index contributed by atoms with van der Waals surface area (Å²) in [4.78, 5) is 0. The van der Waals surface area contributed by atoms with Gasteiger partial charge in [0.25, 0.3) is 0 Å². The highest BCUT2D eigenvalue weighted by Gasteiger charge is 2.21. The lowest BCUT2D eigenvalue weighted by Crippen LogP contribution is -2.05. The number of hydrogen-bond donors (Lipinski definition) is 0. The van der Waals surface area contributed by atoms with E-state index in [2.05, 4.69) is 13.0 Å². The first kappa shape index (κ1) is 17.8. The van der Waals surface area contributed by atoms with Crippen LogP contribution in [0.25, 0.3) is 17.2 Å². The maximum absolute atomic E-state index is 15.0. The number of hydrogen-bond acceptors (Lipinski definition) is 0. The third-order valence-corrected chi connectivity index (χ3v) is 5.02. The molecule has 2 aromatic carbocycles. The van der Waals surface area contributed by atoms with Crippen molar-refractivity contribution in [2.45, 2.75) is 52.4 Å². The Morgan fingerprint density at radius 2 is 1.56 bits per heavy atom. The first-order valence-electron chi connectivity index (χ1n) is 9.04. The van der Waals surface area contributed by atoms with E-state index in [9.17, 15) is 13.2 Å². The van der Waals surface area contributed by atoms with Crippen molar-refractivity contribution in [2.75, 3.05) is 0 Å². The van der Waals surface area contributed by atoms with Crippen LogP contribution in [0.5, 0.6) is 0 Å². The quantitative estimate of drug-likeness (QED) is 0.556. The minimum atomic E-state index is -0.965. The van der Waals surface area contributed by atoms with Crippen LogP contribution in [0.2, 0.25) is 0 Å². The van der Waals surface area contributed by atoms with E-state index in [0.29, 0.717) is 24.0 Å². The molecule has 0 heterocycles. The van der Waals surface area contributed by atoms with Crippen molar-refractivity contribution in [3.8, 4) is 11.1 Å². The summed E-state index contributed by atoms with van der Waals surface area (Å²) in [5.74, 6) is -2.27. The Labute approximate surface area is 147 Å². The molecule has 2 aromatic rings. The largest absolute Gasteiger partial charge is 0.206 e. The maximum atomic E-state index is 15.0. The van der Waals surface area contributed by atoms with Crippen LogP contribution >= 0.6 is 0 Å². The number of unbranched alkanes of at least 4 members (excludes halogenated alkanes) is 1. The summed E-state index contributed by atoms with van der Waals surface area (Å²) in [6.07, 6.45) is 7.21. The molecule has 3 rings (SSSR count). The van der Waals surface area contributed by atoms with Crippen LogP contribution in [0, 0.1) is 17.5 Å². The van der Waals surface area contributed by atoms with Crippen molar-refractivity contribution < 1.29 is 13.2 Å². The van der Waals surface area contributed by atoms with Crippen molar-refractivity contribution >= 4 is 6.08 Å². The summed E-state index contributed by atoms with van der Waals surface area (Å²) in [6, 6.07) is 6.41. The molecule has 0 amide bonds. The van der Waals surface area contributed by atoms with E-state index in [4.69, 9.17) is 0 Å². The summed E-state index contributed by atoms with van der Waals surface area (Å²) in [5, 5.41) is 0. The molecule has 0 spiro atoms. The predicted octanol–water partition coefficient (Wildman–Crippen LogP) is 6.85. The Morgan fingerprint density at radius 3 is 2.28 bits per heavy atom. The lowest BCUT2D eigenvalue weighted by Gasteiger charge is -2.19. The van der Waals surface area contributed by atoms with Crippen LogP contribution in [0.15, 0.2) is 29.8 Å². The van der Waals surface area contributed by atoms with Gasteiger partial charge in [-0.1, -0.05) is 56.2 Å².